The van der Waals surface area contributed by atoms with Crippen molar-refractivity contribution < 1.29 is 21.6 Å². The molecular formula is C18H17F3N4O2S. The number of nitrogens with zero attached hydrogens (tertiary/aromatic N) is 3. The fraction of sp³-hybridized carbons (Fsp3) is 0.222. The summed E-state index contributed by atoms with van der Waals surface area (Å²) in [6, 6.07) is 9.48. The van der Waals surface area contributed by atoms with E-state index in [2.05, 4.69) is 14.7 Å². The van der Waals surface area contributed by atoms with E-state index in [1.807, 2.05) is 6.07 Å². The second-order valence-electron chi connectivity index (χ2n) is 6.01. The molecule has 0 aliphatic carbocycles. The first-order valence-corrected chi connectivity index (χ1v) is 9.96. The number of hydrogen-bond donors (Lipinski definition) is 1. The second-order valence-corrected chi connectivity index (χ2v) is 7.81. The third kappa shape index (κ3) is 5.17. The van der Waals surface area contributed by atoms with Crippen LogP contribution in [0.15, 0.2) is 61.1 Å². The van der Waals surface area contributed by atoms with Gasteiger partial charge in [-0.3, -0.25) is 4.98 Å². The molecule has 0 radical (unpaired) electrons. The van der Waals surface area contributed by atoms with E-state index in [4.69, 9.17) is 0 Å². The van der Waals surface area contributed by atoms with Gasteiger partial charge in [-0.05, 0) is 29.8 Å². The molecule has 148 valence electrons. The van der Waals surface area contributed by atoms with E-state index in [1.54, 1.807) is 35.3 Å². The third-order valence-corrected chi connectivity index (χ3v) is 5.28. The standard InChI is InChI=1S/C18H17F3N4O2S/c19-18(20,21)15-6-4-14(5-7-15)13-28(26,27)24-10-12-25-11-9-23-17(25)16-3-1-2-8-22-16/h1-9,11,24H,10,12-13H2. The predicted octanol–water partition coefficient (Wildman–Crippen LogP) is 3.08. The molecule has 1 aromatic carbocycles. The highest BCUT2D eigenvalue weighted by atomic mass is 32.2. The van der Waals surface area contributed by atoms with Crippen LogP contribution in [0.3, 0.4) is 0 Å². The average Bonchev–Trinajstić information content (AvgIpc) is 3.10. The Morgan fingerprint density at radius 3 is 2.39 bits per heavy atom. The van der Waals surface area contributed by atoms with Crippen molar-refractivity contribution in [1.29, 1.82) is 0 Å². The molecule has 3 rings (SSSR count). The van der Waals surface area contributed by atoms with Crippen LogP contribution >= 0.6 is 0 Å². The van der Waals surface area contributed by atoms with Crippen LogP contribution in [0, 0.1) is 0 Å². The van der Waals surface area contributed by atoms with E-state index < -0.39 is 27.5 Å². The zero-order valence-corrected chi connectivity index (χ0v) is 15.4. The van der Waals surface area contributed by atoms with E-state index in [9.17, 15) is 21.6 Å². The summed E-state index contributed by atoms with van der Waals surface area (Å²) in [5.41, 5.74) is 0.126. The Kier molecular flexibility index (Phi) is 5.80. The van der Waals surface area contributed by atoms with Gasteiger partial charge in [0.25, 0.3) is 0 Å². The van der Waals surface area contributed by atoms with E-state index in [0.29, 0.717) is 18.1 Å². The lowest BCUT2D eigenvalue weighted by Crippen LogP contribution is -2.28. The number of halogens is 3. The molecule has 2 heterocycles. The Labute approximate surface area is 160 Å². The van der Waals surface area contributed by atoms with Gasteiger partial charge in [0.1, 0.15) is 5.69 Å². The number of aromatic nitrogens is 3. The van der Waals surface area contributed by atoms with Crippen molar-refractivity contribution >= 4 is 10.0 Å². The van der Waals surface area contributed by atoms with Crippen molar-refractivity contribution in [3.8, 4) is 11.5 Å². The van der Waals surface area contributed by atoms with Gasteiger partial charge in [-0.1, -0.05) is 18.2 Å². The number of nitrogens with one attached hydrogen (secondary N) is 1. The zero-order chi connectivity index (χ0) is 20.2. The summed E-state index contributed by atoms with van der Waals surface area (Å²) in [4.78, 5) is 8.45. The van der Waals surface area contributed by atoms with Crippen LogP contribution in [-0.2, 0) is 28.5 Å². The lowest BCUT2D eigenvalue weighted by molar-refractivity contribution is -0.137. The van der Waals surface area contributed by atoms with Crippen LogP contribution < -0.4 is 4.72 Å². The Bertz CT molecular complexity index is 1020. The van der Waals surface area contributed by atoms with Crippen LogP contribution in [0.2, 0.25) is 0 Å². The van der Waals surface area contributed by atoms with Gasteiger partial charge in [-0.2, -0.15) is 13.2 Å². The SMILES string of the molecule is O=S(=O)(Cc1ccc(C(F)(F)F)cc1)NCCn1ccnc1-c1ccccn1. The summed E-state index contributed by atoms with van der Waals surface area (Å²) in [5.74, 6) is 0.213. The number of alkyl halides is 3. The number of imidazole rings is 1. The molecule has 0 amide bonds. The minimum atomic E-state index is -4.45. The van der Waals surface area contributed by atoms with Gasteiger partial charge in [-0.15, -0.1) is 0 Å². The normalized spacial score (nSPS) is 12.2. The molecule has 0 fully saturated rings. The highest BCUT2D eigenvalue weighted by molar-refractivity contribution is 7.88. The molecule has 1 N–H and O–H groups in total. The Balaban J connectivity index is 1.58. The van der Waals surface area contributed by atoms with Gasteiger partial charge in [0.05, 0.1) is 11.3 Å². The lowest BCUT2D eigenvalue weighted by atomic mass is 10.1. The summed E-state index contributed by atoms with van der Waals surface area (Å²) in [5, 5.41) is 0. The van der Waals surface area contributed by atoms with Crippen LogP contribution in [0.25, 0.3) is 11.5 Å². The Morgan fingerprint density at radius 2 is 1.75 bits per heavy atom. The largest absolute Gasteiger partial charge is 0.416 e. The van der Waals surface area contributed by atoms with Crippen LogP contribution in [0.1, 0.15) is 11.1 Å². The van der Waals surface area contributed by atoms with E-state index in [1.165, 1.54) is 0 Å². The summed E-state index contributed by atoms with van der Waals surface area (Å²) in [6.45, 7) is 0.442. The smallest absolute Gasteiger partial charge is 0.328 e. The molecule has 0 bridgehead atoms. The number of sulfonamides is 1. The first-order chi connectivity index (χ1) is 13.2. The van der Waals surface area contributed by atoms with Gasteiger partial charge < -0.3 is 4.57 Å². The van der Waals surface area contributed by atoms with Crippen molar-refractivity contribution in [2.24, 2.45) is 0 Å². The predicted molar refractivity (Wildman–Crippen MR) is 97.5 cm³/mol. The van der Waals surface area contributed by atoms with Crippen molar-refractivity contribution in [2.75, 3.05) is 6.54 Å². The molecule has 28 heavy (non-hydrogen) atoms. The van der Waals surface area contributed by atoms with E-state index >= 15 is 0 Å². The Hall–Kier alpha value is -2.72. The van der Waals surface area contributed by atoms with Crippen molar-refractivity contribution in [3.05, 3.63) is 72.2 Å². The maximum atomic E-state index is 12.6. The number of benzene rings is 1. The fourth-order valence-corrected chi connectivity index (χ4v) is 3.74. The van der Waals surface area contributed by atoms with Crippen molar-refractivity contribution in [1.82, 2.24) is 19.3 Å². The minimum Gasteiger partial charge on any atom is -0.328 e. The molecular weight excluding hydrogens is 393 g/mol. The monoisotopic (exact) mass is 410 g/mol. The van der Waals surface area contributed by atoms with Crippen LogP contribution in [-0.4, -0.2) is 29.5 Å². The number of hydrogen-bond acceptors (Lipinski definition) is 4. The molecule has 0 atom stereocenters. The van der Waals surface area contributed by atoms with Crippen molar-refractivity contribution in [2.45, 2.75) is 18.5 Å². The minimum absolute atomic E-state index is 0.110. The molecule has 0 unspecified atom stereocenters. The van der Waals surface area contributed by atoms with Gasteiger partial charge in [0.2, 0.25) is 10.0 Å². The summed E-state index contributed by atoms with van der Waals surface area (Å²) in [7, 11) is -3.69. The maximum absolute atomic E-state index is 12.6. The maximum Gasteiger partial charge on any atom is 0.416 e. The lowest BCUT2D eigenvalue weighted by Gasteiger charge is -2.10. The zero-order valence-electron chi connectivity index (χ0n) is 14.6. The fourth-order valence-electron chi connectivity index (χ4n) is 2.60. The molecule has 6 nitrogen and oxygen atoms in total. The second kappa shape index (κ2) is 8.11. The summed E-state index contributed by atoms with van der Waals surface area (Å²) >= 11 is 0. The Morgan fingerprint density at radius 1 is 1.00 bits per heavy atom. The summed E-state index contributed by atoms with van der Waals surface area (Å²) in [6.07, 6.45) is 0.502. The molecule has 3 aromatic rings. The quantitative estimate of drug-likeness (QED) is 0.650. The molecule has 2 aromatic heterocycles. The number of rotatable bonds is 7. The van der Waals surface area contributed by atoms with Gasteiger partial charge in [0.15, 0.2) is 5.82 Å². The van der Waals surface area contributed by atoms with Crippen LogP contribution in [0.4, 0.5) is 13.2 Å². The molecule has 0 aliphatic rings. The third-order valence-electron chi connectivity index (χ3n) is 3.92. The highest BCUT2D eigenvalue weighted by Gasteiger charge is 2.30. The van der Waals surface area contributed by atoms with E-state index in [0.717, 1.165) is 24.3 Å². The first-order valence-electron chi connectivity index (χ1n) is 8.31. The number of pyridine rings is 1. The molecule has 0 aliphatic heterocycles. The van der Waals surface area contributed by atoms with E-state index in [-0.39, 0.29) is 12.1 Å². The topological polar surface area (TPSA) is 76.9 Å². The van der Waals surface area contributed by atoms with Gasteiger partial charge in [0, 0.05) is 31.7 Å². The first kappa shape index (κ1) is 20.0. The van der Waals surface area contributed by atoms with Gasteiger partial charge >= 0.3 is 6.18 Å². The average molecular weight is 410 g/mol. The van der Waals surface area contributed by atoms with Gasteiger partial charge in [-0.25, -0.2) is 18.1 Å². The molecule has 0 spiro atoms. The van der Waals surface area contributed by atoms with Crippen LogP contribution in [0.5, 0.6) is 0 Å². The molecule has 10 heteroatoms. The summed E-state index contributed by atoms with van der Waals surface area (Å²) < 4.78 is 66.3. The molecule has 0 saturated heterocycles. The molecule has 0 saturated carbocycles. The highest BCUT2D eigenvalue weighted by Crippen LogP contribution is 2.29. The van der Waals surface area contributed by atoms with Crippen molar-refractivity contribution in [3.63, 3.8) is 0 Å².